The molecule has 5 rings (SSSR count). The summed E-state index contributed by atoms with van der Waals surface area (Å²) in [5, 5.41) is 5.84. The van der Waals surface area contributed by atoms with Gasteiger partial charge in [0, 0.05) is 35.8 Å². The van der Waals surface area contributed by atoms with Crippen molar-refractivity contribution in [2.24, 2.45) is 0 Å². The monoisotopic (exact) mass is 472 g/mol. The van der Waals surface area contributed by atoms with Crippen molar-refractivity contribution in [1.82, 2.24) is 29.4 Å². The summed E-state index contributed by atoms with van der Waals surface area (Å²) in [4.78, 5) is 24.7. The highest BCUT2D eigenvalue weighted by molar-refractivity contribution is 5.92. The lowest BCUT2D eigenvalue weighted by molar-refractivity contribution is -0.132. The first-order chi connectivity index (χ1) is 16.7. The van der Waals surface area contributed by atoms with Crippen LogP contribution in [0.3, 0.4) is 0 Å². The number of amides is 1. The van der Waals surface area contributed by atoms with Crippen molar-refractivity contribution in [1.29, 1.82) is 0 Å². The maximum absolute atomic E-state index is 12.5. The number of benzene rings is 1. The molecule has 3 aromatic heterocycles. The molecule has 1 saturated heterocycles. The molecule has 7 heteroatoms. The molecule has 0 unspecified atom stereocenters. The molecule has 1 fully saturated rings. The van der Waals surface area contributed by atoms with Gasteiger partial charge in [-0.05, 0) is 87.5 Å². The largest absolute Gasteiger partial charge is 0.354 e. The van der Waals surface area contributed by atoms with Crippen molar-refractivity contribution in [3.05, 3.63) is 53.0 Å². The zero-order chi connectivity index (χ0) is 24.9. The van der Waals surface area contributed by atoms with E-state index >= 15 is 0 Å². The molecule has 0 aliphatic carbocycles. The number of pyridine rings is 1. The summed E-state index contributed by atoms with van der Waals surface area (Å²) in [5.41, 5.74) is 8.29. The molecule has 0 saturated carbocycles. The Labute approximate surface area is 207 Å². The number of aromatic nitrogens is 4. The molecular weight excluding hydrogens is 436 g/mol. The van der Waals surface area contributed by atoms with Gasteiger partial charge >= 0.3 is 0 Å². The van der Waals surface area contributed by atoms with Crippen LogP contribution in [0.1, 0.15) is 61.0 Å². The first kappa shape index (κ1) is 23.5. The average molecular weight is 473 g/mol. The standard InChI is InChI=1S/C28H36N6O/c1-17(2)27-22-14-21(20-9-11-33(12-10-20)26(35)16-32(5)6)7-8-24(22)30-28(27)23-15-34-25(13-18(23)3)29-19(4)31-34/h7-8,13-15,17,20,30H,9-12,16H2,1-6H3. The van der Waals surface area contributed by atoms with Gasteiger partial charge in [-0.1, -0.05) is 19.9 Å². The Kier molecular flexibility index (Phi) is 6.13. The number of hydrogen-bond donors (Lipinski definition) is 1. The molecule has 4 aromatic rings. The highest BCUT2D eigenvalue weighted by Crippen LogP contribution is 2.39. The third-order valence-corrected chi connectivity index (χ3v) is 7.27. The number of aromatic amines is 1. The third-order valence-electron chi connectivity index (χ3n) is 7.27. The number of carbonyl (C=O) groups is 1. The third kappa shape index (κ3) is 4.45. The number of likely N-dealkylation sites (N-methyl/N-ethyl adjacent to an activating group) is 1. The van der Waals surface area contributed by atoms with Crippen molar-refractivity contribution in [3.63, 3.8) is 0 Å². The molecule has 35 heavy (non-hydrogen) atoms. The zero-order valence-corrected chi connectivity index (χ0v) is 21.7. The van der Waals surface area contributed by atoms with E-state index < -0.39 is 0 Å². The summed E-state index contributed by atoms with van der Waals surface area (Å²) in [7, 11) is 3.90. The van der Waals surface area contributed by atoms with Gasteiger partial charge in [-0.25, -0.2) is 9.50 Å². The normalized spacial score (nSPS) is 15.3. The smallest absolute Gasteiger partial charge is 0.236 e. The van der Waals surface area contributed by atoms with Crippen LogP contribution in [0.4, 0.5) is 0 Å². The molecule has 1 aliphatic heterocycles. The van der Waals surface area contributed by atoms with Crippen LogP contribution in [-0.4, -0.2) is 69.0 Å². The summed E-state index contributed by atoms with van der Waals surface area (Å²) in [5.74, 6) is 1.86. The Bertz CT molecular complexity index is 1390. The molecule has 0 spiro atoms. The molecular formula is C28H36N6O. The number of nitrogens with one attached hydrogen (secondary N) is 1. The van der Waals surface area contributed by atoms with E-state index in [0.717, 1.165) is 43.0 Å². The van der Waals surface area contributed by atoms with Gasteiger partial charge in [0.1, 0.15) is 5.82 Å². The van der Waals surface area contributed by atoms with Gasteiger partial charge in [0.25, 0.3) is 0 Å². The van der Waals surface area contributed by atoms with E-state index in [2.05, 4.69) is 66.3 Å². The van der Waals surface area contributed by atoms with Crippen LogP contribution in [0.2, 0.25) is 0 Å². The van der Waals surface area contributed by atoms with Crippen molar-refractivity contribution < 1.29 is 4.79 Å². The number of fused-ring (bicyclic) bond motifs is 2. The number of likely N-dealkylation sites (tertiary alicyclic amines) is 1. The fourth-order valence-corrected chi connectivity index (χ4v) is 5.53. The second kappa shape index (κ2) is 9.11. The van der Waals surface area contributed by atoms with Crippen LogP contribution in [-0.2, 0) is 4.79 Å². The molecule has 1 aliphatic rings. The average Bonchev–Trinajstić information content (AvgIpc) is 3.36. The minimum absolute atomic E-state index is 0.233. The van der Waals surface area contributed by atoms with Gasteiger partial charge in [0.05, 0.1) is 12.2 Å². The number of carbonyl (C=O) groups excluding carboxylic acids is 1. The molecule has 1 N–H and O–H groups in total. The first-order valence-corrected chi connectivity index (χ1v) is 12.6. The first-order valence-electron chi connectivity index (χ1n) is 12.6. The predicted octanol–water partition coefficient (Wildman–Crippen LogP) is 4.89. The van der Waals surface area contributed by atoms with E-state index in [4.69, 9.17) is 0 Å². The highest BCUT2D eigenvalue weighted by atomic mass is 16.2. The highest BCUT2D eigenvalue weighted by Gasteiger charge is 2.25. The van der Waals surface area contributed by atoms with Crippen molar-refractivity contribution >= 4 is 22.5 Å². The lowest BCUT2D eigenvalue weighted by Crippen LogP contribution is -2.42. The SMILES string of the molecule is Cc1nc2cc(C)c(-c3[nH]c4ccc(C5CCN(C(=O)CN(C)C)CC5)cc4c3C(C)C)cn2n1. The van der Waals surface area contributed by atoms with Gasteiger partial charge in [0.2, 0.25) is 5.91 Å². The van der Waals surface area contributed by atoms with Crippen LogP contribution in [0.15, 0.2) is 30.5 Å². The molecule has 4 heterocycles. The van der Waals surface area contributed by atoms with Crippen LogP contribution >= 0.6 is 0 Å². The van der Waals surface area contributed by atoms with Crippen LogP contribution in [0.5, 0.6) is 0 Å². The summed E-state index contributed by atoms with van der Waals surface area (Å²) >= 11 is 0. The Morgan fingerprint density at radius 3 is 2.60 bits per heavy atom. The second-order valence-corrected chi connectivity index (χ2v) is 10.6. The van der Waals surface area contributed by atoms with E-state index in [0.29, 0.717) is 18.4 Å². The van der Waals surface area contributed by atoms with Gasteiger partial charge < -0.3 is 14.8 Å². The van der Waals surface area contributed by atoms with E-state index in [1.807, 2.05) is 35.3 Å². The number of H-pyrrole nitrogens is 1. The van der Waals surface area contributed by atoms with E-state index in [1.165, 1.54) is 33.3 Å². The molecule has 7 nitrogen and oxygen atoms in total. The zero-order valence-electron chi connectivity index (χ0n) is 21.7. The number of nitrogens with zero attached hydrogens (tertiary/aromatic N) is 5. The molecule has 1 amide bonds. The van der Waals surface area contributed by atoms with E-state index in [-0.39, 0.29) is 5.91 Å². The Morgan fingerprint density at radius 1 is 1.17 bits per heavy atom. The van der Waals surface area contributed by atoms with Crippen LogP contribution < -0.4 is 0 Å². The van der Waals surface area contributed by atoms with Gasteiger partial charge in [-0.15, -0.1) is 0 Å². The second-order valence-electron chi connectivity index (χ2n) is 10.6. The molecule has 0 bridgehead atoms. The fourth-order valence-electron chi connectivity index (χ4n) is 5.53. The summed E-state index contributed by atoms with van der Waals surface area (Å²) in [6.07, 6.45) is 4.13. The molecule has 1 aromatic carbocycles. The fraction of sp³-hybridized carbons (Fsp3) is 0.464. The maximum Gasteiger partial charge on any atom is 0.236 e. The predicted molar refractivity (Wildman–Crippen MR) is 141 cm³/mol. The minimum Gasteiger partial charge on any atom is -0.354 e. The van der Waals surface area contributed by atoms with Crippen molar-refractivity contribution in [2.45, 2.75) is 52.4 Å². The summed E-state index contributed by atoms with van der Waals surface area (Å²) in [6, 6.07) is 9.00. The summed E-state index contributed by atoms with van der Waals surface area (Å²) in [6.45, 7) is 10.8. The topological polar surface area (TPSA) is 69.5 Å². The van der Waals surface area contributed by atoms with Gasteiger partial charge in [-0.2, -0.15) is 5.10 Å². The lowest BCUT2D eigenvalue weighted by atomic mass is 9.87. The number of hydrogen-bond acceptors (Lipinski definition) is 4. The van der Waals surface area contributed by atoms with E-state index in [9.17, 15) is 4.79 Å². The Morgan fingerprint density at radius 2 is 1.91 bits per heavy atom. The summed E-state index contributed by atoms with van der Waals surface area (Å²) < 4.78 is 1.88. The van der Waals surface area contributed by atoms with Gasteiger partial charge in [0.15, 0.2) is 5.65 Å². The van der Waals surface area contributed by atoms with Crippen molar-refractivity contribution in [3.8, 4) is 11.3 Å². The Balaban J connectivity index is 1.48. The van der Waals surface area contributed by atoms with Crippen LogP contribution in [0, 0.1) is 13.8 Å². The number of rotatable bonds is 5. The molecule has 0 atom stereocenters. The minimum atomic E-state index is 0.233. The Hall–Kier alpha value is -3.19. The number of aryl methyl sites for hydroxylation is 2. The quantitative estimate of drug-likeness (QED) is 0.449. The molecule has 184 valence electrons. The van der Waals surface area contributed by atoms with Gasteiger partial charge in [-0.3, -0.25) is 4.79 Å². The van der Waals surface area contributed by atoms with Crippen molar-refractivity contribution in [2.75, 3.05) is 33.7 Å². The number of piperidine rings is 1. The van der Waals surface area contributed by atoms with E-state index in [1.54, 1.807) is 0 Å². The van der Waals surface area contributed by atoms with Crippen LogP contribution in [0.25, 0.3) is 27.8 Å². The molecule has 0 radical (unpaired) electrons. The maximum atomic E-state index is 12.5. The lowest BCUT2D eigenvalue weighted by Gasteiger charge is -2.33.